The maximum absolute atomic E-state index is 12.1. The number of carboxylic acid groups (broad SMARTS) is 1. The monoisotopic (exact) mass is 304 g/mol. The van der Waals surface area contributed by atoms with Crippen molar-refractivity contribution in [1.82, 2.24) is 10.2 Å². The fourth-order valence-electron chi connectivity index (χ4n) is 2.84. The maximum Gasteiger partial charge on any atom is 0.326 e. The van der Waals surface area contributed by atoms with Gasteiger partial charge >= 0.3 is 12.0 Å². The second-order valence-electron chi connectivity index (χ2n) is 5.62. The number of aliphatic carboxylic acids is 1. The van der Waals surface area contributed by atoms with Crippen LogP contribution in [0.4, 0.5) is 4.79 Å². The van der Waals surface area contributed by atoms with Gasteiger partial charge in [-0.1, -0.05) is 6.92 Å². The fraction of sp³-hybridized carbons (Fsp3) is 0.833. The van der Waals surface area contributed by atoms with E-state index in [0.717, 1.165) is 0 Å². The Bertz CT molecular complexity index is 490. The van der Waals surface area contributed by atoms with Crippen molar-refractivity contribution < 1.29 is 23.1 Å². The number of carboxylic acids is 1. The molecule has 2 atom stereocenters. The van der Waals surface area contributed by atoms with Crippen LogP contribution in [0.3, 0.4) is 0 Å². The zero-order valence-electron chi connectivity index (χ0n) is 11.4. The summed E-state index contributed by atoms with van der Waals surface area (Å²) in [5, 5.41) is 11.9. The van der Waals surface area contributed by atoms with Gasteiger partial charge in [-0.2, -0.15) is 0 Å². The summed E-state index contributed by atoms with van der Waals surface area (Å²) in [6.07, 6.45) is 1.47. The molecule has 2 aliphatic rings. The van der Waals surface area contributed by atoms with E-state index < -0.39 is 27.9 Å². The van der Waals surface area contributed by atoms with Crippen molar-refractivity contribution >= 4 is 21.8 Å². The van der Waals surface area contributed by atoms with E-state index in [1.165, 1.54) is 4.90 Å². The first-order valence-electron chi connectivity index (χ1n) is 6.80. The molecule has 2 aliphatic heterocycles. The van der Waals surface area contributed by atoms with Gasteiger partial charge in [0.1, 0.15) is 15.9 Å². The summed E-state index contributed by atoms with van der Waals surface area (Å²) >= 11 is 0. The average molecular weight is 304 g/mol. The lowest BCUT2D eigenvalue weighted by Crippen LogP contribution is -2.51. The van der Waals surface area contributed by atoms with Crippen LogP contribution in [0.25, 0.3) is 0 Å². The van der Waals surface area contributed by atoms with Gasteiger partial charge in [-0.15, -0.1) is 0 Å². The highest BCUT2D eigenvalue weighted by Gasteiger charge is 2.40. The number of nitrogens with one attached hydrogen (secondary N) is 1. The van der Waals surface area contributed by atoms with Gasteiger partial charge in [-0.3, -0.25) is 0 Å². The smallest absolute Gasteiger partial charge is 0.326 e. The molecule has 20 heavy (non-hydrogen) atoms. The molecule has 0 spiro atoms. The lowest BCUT2D eigenvalue weighted by Gasteiger charge is -2.28. The number of urea groups is 1. The normalized spacial score (nSPS) is 30.1. The molecule has 0 aromatic rings. The summed E-state index contributed by atoms with van der Waals surface area (Å²) < 4.78 is 22.6. The Labute approximate surface area is 118 Å². The van der Waals surface area contributed by atoms with E-state index >= 15 is 0 Å². The second-order valence-corrected chi connectivity index (χ2v) is 7.92. The van der Waals surface area contributed by atoms with E-state index in [9.17, 15) is 23.1 Å². The third-order valence-corrected chi connectivity index (χ3v) is 5.81. The van der Waals surface area contributed by atoms with Crippen LogP contribution in [0, 0.1) is 5.92 Å². The van der Waals surface area contributed by atoms with Gasteiger partial charge in [0, 0.05) is 12.6 Å². The number of carbonyl (C=O) groups is 2. The standard InChI is InChI=1S/C12H20N2O5S/c1-8-2-5-14(10(8)11(15)16)12(17)13-9-3-6-20(18,19)7-4-9/h8-10H,2-7H2,1H3,(H,13,17)(H,15,16). The van der Waals surface area contributed by atoms with Crippen molar-refractivity contribution in [3.63, 3.8) is 0 Å². The number of nitrogens with zero attached hydrogens (tertiary/aromatic N) is 1. The highest BCUT2D eigenvalue weighted by molar-refractivity contribution is 7.91. The number of sulfone groups is 1. The lowest BCUT2D eigenvalue weighted by molar-refractivity contribution is -0.142. The van der Waals surface area contributed by atoms with Crippen molar-refractivity contribution in [3.05, 3.63) is 0 Å². The molecular weight excluding hydrogens is 284 g/mol. The Morgan fingerprint density at radius 3 is 2.35 bits per heavy atom. The topological polar surface area (TPSA) is 104 Å². The van der Waals surface area contributed by atoms with Crippen LogP contribution in [0.5, 0.6) is 0 Å². The average Bonchev–Trinajstić information content (AvgIpc) is 2.74. The van der Waals surface area contributed by atoms with Crippen LogP contribution in [-0.2, 0) is 14.6 Å². The molecule has 2 rings (SSSR count). The summed E-state index contributed by atoms with van der Waals surface area (Å²) in [5.74, 6) is -0.894. The van der Waals surface area contributed by atoms with Gasteiger partial charge in [0.25, 0.3) is 0 Å². The first kappa shape index (κ1) is 15.1. The van der Waals surface area contributed by atoms with Crippen LogP contribution in [0.15, 0.2) is 0 Å². The molecule has 0 bridgehead atoms. The van der Waals surface area contributed by atoms with Crippen LogP contribution in [0.2, 0.25) is 0 Å². The van der Waals surface area contributed by atoms with Gasteiger partial charge in [0.15, 0.2) is 0 Å². The van der Waals surface area contributed by atoms with Gasteiger partial charge in [0.05, 0.1) is 11.5 Å². The molecule has 0 saturated carbocycles. The summed E-state index contributed by atoms with van der Waals surface area (Å²) in [5.41, 5.74) is 0. The van der Waals surface area contributed by atoms with E-state index in [1.54, 1.807) is 0 Å². The largest absolute Gasteiger partial charge is 0.480 e. The molecule has 2 N–H and O–H groups in total. The minimum absolute atomic E-state index is 0.0648. The molecule has 0 aromatic carbocycles. The predicted octanol–water partition coefficient (Wildman–Crippen LogP) is 0.0682. The number of likely N-dealkylation sites (tertiary alicyclic amines) is 1. The van der Waals surface area contributed by atoms with Crippen LogP contribution >= 0.6 is 0 Å². The second kappa shape index (κ2) is 5.59. The first-order valence-corrected chi connectivity index (χ1v) is 8.62. The van der Waals surface area contributed by atoms with Gasteiger partial charge in [-0.05, 0) is 25.2 Å². The zero-order chi connectivity index (χ0) is 14.9. The van der Waals surface area contributed by atoms with E-state index in [-0.39, 0.29) is 23.5 Å². The maximum atomic E-state index is 12.1. The molecule has 2 unspecified atom stereocenters. The molecule has 7 nitrogen and oxygen atoms in total. The van der Waals surface area contributed by atoms with Crippen LogP contribution in [-0.4, -0.2) is 60.6 Å². The van der Waals surface area contributed by atoms with Crippen molar-refractivity contribution in [2.75, 3.05) is 18.1 Å². The Balaban J connectivity index is 1.94. The molecule has 2 heterocycles. The highest BCUT2D eigenvalue weighted by Crippen LogP contribution is 2.24. The summed E-state index contributed by atoms with van der Waals surface area (Å²) in [4.78, 5) is 24.7. The lowest BCUT2D eigenvalue weighted by atomic mass is 10.0. The first-order chi connectivity index (χ1) is 9.30. The molecule has 0 aromatic heterocycles. The molecule has 2 amide bonds. The summed E-state index contributed by atoms with van der Waals surface area (Å²) in [6.45, 7) is 2.24. The summed E-state index contributed by atoms with van der Waals surface area (Å²) in [7, 11) is -2.96. The van der Waals surface area contributed by atoms with Crippen molar-refractivity contribution in [1.29, 1.82) is 0 Å². The molecule has 0 aliphatic carbocycles. The molecule has 114 valence electrons. The zero-order valence-corrected chi connectivity index (χ0v) is 12.2. The van der Waals surface area contributed by atoms with Crippen LogP contribution < -0.4 is 5.32 Å². The van der Waals surface area contributed by atoms with Gasteiger partial charge < -0.3 is 15.3 Å². The number of hydrogen-bond donors (Lipinski definition) is 2. The van der Waals surface area contributed by atoms with Crippen molar-refractivity contribution in [3.8, 4) is 0 Å². The molecule has 8 heteroatoms. The SMILES string of the molecule is CC1CCN(C(=O)NC2CCS(=O)(=O)CC2)C1C(=O)O. The van der Waals surface area contributed by atoms with Gasteiger partial charge in [-0.25, -0.2) is 18.0 Å². The quantitative estimate of drug-likeness (QED) is 0.751. The van der Waals surface area contributed by atoms with Crippen LogP contribution in [0.1, 0.15) is 26.2 Å². The van der Waals surface area contributed by atoms with Crippen molar-refractivity contribution in [2.24, 2.45) is 5.92 Å². The Hall–Kier alpha value is -1.31. The Kier molecular flexibility index (Phi) is 4.22. The predicted molar refractivity (Wildman–Crippen MR) is 72.1 cm³/mol. The third kappa shape index (κ3) is 3.23. The van der Waals surface area contributed by atoms with Crippen molar-refractivity contribution in [2.45, 2.75) is 38.3 Å². The Morgan fingerprint density at radius 2 is 1.80 bits per heavy atom. The van der Waals surface area contributed by atoms with E-state index in [1.807, 2.05) is 6.92 Å². The molecule has 0 radical (unpaired) electrons. The molecular formula is C12H20N2O5S. The van der Waals surface area contributed by atoms with E-state index in [4.69, 9.17) is 0 Å². The number of rotatable bonds is 2. The summed E-state index contributed by atoms with van der Waals surface area (Å²) in [6, 6.07) is -1.37. The highest BCUT2D eigenvalue weighted by atomic mass is 32.2. The van der Waals surface area contributed by atoms with E-state index in [0.29, 0.717) is 25.8 Å². The molecule has 2 saturated heterocycles. The van der Waals surface area contributed by atoms with Gasteiger partial charge in [0.2, 0.25) is 0 Å². The van der Waals surface area contributed by atoms with E-state index in [2.05, 4.69) is 5.32 Å². The number of carbonyl (C=O) groups excluding carboxylic acids is 1. The minimum Gasteiger partial charge on any atom is -0.480 e. The number of hydrogen-bond acceptors (Lipinski definition) is 4. The molecule has 2 fully saturated rings. The fourth-order valence-corrected chi connectivity index (χ4v) is 4.33. The third-order valence-electron chi connectivity index (χ3n) is 4.10. The Morgan fingerprint density at radius 1 is 1.20 bits per heavy atom. The minimum atomic E-state index is -2.96. The number of amides is 2.